The summed E-state index contributed by atoms with van der Waals surface area (Å²) in [5.41, 5.74) is 1.98. The van der Waals surface area contributed by atoms with Crippen molar-refractivity contribution in [2.45, 2.75) is 45.8 Å². The summed E-state index contributed by atoms with van der Waals surface area (Å²) < 4.78 is 51.8. The fourth-order valence-corrected chi connectivity index (χ4v) is 3.98. The zero-order chi connectivity index (χ0) is 17.2. The smallest absolute Gasteiger partial charge is 0.309 e. The van der Waals surface area contributed by atoms with Crippen LogP contribution in [0.5, 0.6) is 5.75 Å². The van der Waals surface area contributed by atoms with E-state index in [2.05, 4.69) is 0 Å². The van der Waals surface area contributed by atoms with Crippen molar-refractivity contribution in [2.75, 3.05) is 11.5 Å². The van der Waals surface area contributed by atoms with Crippen molar-refractivity contribution in [2.24, 2.45) is 0 Å². The molecule has 0 spiro atoms. The van der Waals surface area contributed by atoms with Crippen molar-refractivity contribution in [3.63, 3.8) is 0 Å². The summed E-state index contributed by atoms with van der Waals surface area (Å²) in [6.07, 6.45) is 0.0206. The summed E-state index contributed by atoms with van der Waals surface area (Å²) >= 11 is 0. The molecule has 0 aromatic heterocycles. The zero-order valence-corrected chi connectivity index (χ0v) is 15.3. The predicted molar refractivity (Wildman–Crippen MR) is 88.5 cm³/mol. The molecule has 1 aromatic rings. The molecule has 0 bridgehead atoms. The van der Waals surface area contributed by atoms with Gasteiger partial charge in [-0.05, 0) is 64.3 Å². The van der Waals surface area contributed by atoms with Crippen LogP contribution in [0.2, 0.25) is 0 Å². The van der Waals surface area contributed by atoms with Crippen molar-refractivity contribution in [1.29, 1.82) is 0 Å². The number of aryl methyl sites for hydroxylation is 2. The topological polar surface area (TPSA) is 77.5 Å². The van der Waals surface area contributed by atoms with Crippen LogP contribution in [0.15, 0.2) is 18.2 Å². The molecule has 0 aliphatic heterocycles. The van der Waals surface area contributed by atoms with Gasteiger partial charge in [0, 0.05) is 0 Å². The molecule has 126 valence electrons. The summed E-state index contributed by atoms with van der Waals surface area (Å²) in [5.74, 6) is -0.247. The van der Waals surface area contributed by atoms with Crippen LogP contribution in [0.4, 0.5) is 0 Å². The summed E-state index contributed by atoms with van der Waals surface area (Å²) in [7, 11) is -7.12. The molecule has 0 saturated carbocycles. The Morgan fingerprint density at radius 3 is 2.05 bits per heavy atom. The molecule has 0 aliphatic carbocycles. The Balaban J connectivity index is 2.67. The average Bonchev–Trinajstić information content (AvgIpc) is 2.31. The fraction of sp³-hybridized carbons (Fsp3) is 0.600. The minimum absolute atomic E-state index is 0.0206. The molecular formula is C15H24O5S2. The van der Waals surface area contributed by atoms with Gasteiger partial charge in [0.25, 0.3) is 0 Å². The molecule has 0 N–H and O–H groups in total. The van der Waals surface area contributed by atoms with Crippen LogP contribution in [0.1, 0.15) is 38.3 Å². The molecule has 0 amide bonds. The lowest BCUT2D eigenvalue weighted by atomic mass is 10.1. The van der Waals surface area contributed by atoms with Gasteiger partial charge in [-0.1, -0.05) is 6.07 Å². The second-order valence-electron chi connectivity index (χ2n) is 6.38. The van der Waals surface area contributed by atoms with Crippen molar-refractivity contribution in [1.82, 2.24) is 0 Å². The van der Waals surface area contributed by atoms with E-state index in [-0.39, 0.29) is 23.7 Å². The SMILES string of the molecule is Cc1ccc(OS(=O)(=O)CCCS(=O)(=O)C(C)(C)C)cc1C. The molecule has 0 aliphatic rings. The van der Waals surface area contributed by atoms with E-state index in [1.807, 2.05) is 13.8 Å². The van der Waals surface area contributed by atoms with Crippen LogP contribution >= 0.6 is 0 Å². The van der Waals surface area contributed by atoms with E-state index >= 15 is 0 Å². The summed E-state index contributed by atoms with van der Waals surface area (Å²) in [6.45, 7) is 8.59. The standard InChI is InChI=1S/C15H24O5S2/c1-12-7-8-14(11-13(12)2)20-22(18,19)10-6-9-21(16,17)15(3,4)5/h7-8,11H,6,9-10H2,1-5H3. The third-order valence-corrected chi connectivity index (χ3v) is 7.37. The van der Waals surface area contributed by atoms with Crippen LogP contribution in [0, 0.1) is 13.8 Å². The van der Waals surface area contributed by atoms with Gasteiger partial charge in [-0.25, -0.2) is 8.42 Å². The molecule has 7 heteroatoms. The van der Waals surface area contributed by atoms with Crippen LogP contribution < -0.4 is 4.18 Å². The normalized spacial score (nSPS) is 13.1. The highest BCUT2D eigenvalue weighted by Crippen LogP contribution is 2.20. The Kier molecular flexibility index (Phi) is 5.67. The maximum absolute atomic E-state index is 11.9. The lowest BCUT2D eigenvalue weighted by molar-refractivity contribution is 0.484. The van der Waals surface area contributed by atoms with Gasteiger partial charge in [-0.3, -0.25) is 0 Å². The van der Waals surface area contributed by atoms with Gasteiger partial charge >= 0.3 is 10.1 Å². The zero-order valence-electron chi connectivity index (χ0n) is 13.7. The van der Waals surface area contributed by atoms with Crippen LogP contribution in [-0.4, -0.2) is 33.1 Å². The molecule has 0 fully saturated rings. The van der Waals surface area contributed by atoms with Gasteiger partial charge in [-0.2, -0.15) is 8.42 Å². The quantitative estimate of drug-likeness (QED) is 0.739. The first-order valence-corrected chi connectivity index (χ1v) is 10.3. The van der Waals surface area contributed by atoms with E-state index < -0.39 is 24.7 Å². The molecule has 0 atom stereocenters. The molecule has 0 saturated heterocycles. The van der Waals surface area contributed by atoms with Crippen LogP contribution in [-0.2, 0) is 20.0 Å². The van der Waals surface area contributed by atoms with E-state index in [4.69, 9.17) is 4.18 Å². The molecule has 5 nitrogen and oxygen atoms in total. The van der Waals surface area contributed by atoms with E-state index in [9.17, 15) is 16.8 Å². The van der Waals surface area contributed by atoms with Gasteiger partial charge in [0.2, 0.25) is 0 Å². The Labute approximate surface area is 133 Å². The lowest BCUT2D eigenvalue weighted by Crippen LogP contribution is -2.31. The van der Waals surface area contributed by atoms with Crippen LogP contribution in [0.25, 0.3) is 0 Å². The molecule has 0 radical (unpaired) electrons. The van der Waals surface area contributed by atoms with Crippen molar-refractivity contribution in [3.8, 4) is 5.75 Å². The van der Waals surface area contributed by atoms with Gasteiger partial charge in [0.15, 0.2) is 9.84 Å². The van der Waals surface area contributed by atoms with E-state index in [0.717, 1.165) is 11.1 Å². The highest BCUT2D eigenvalue weighted by molar-refractivity contribution is 7.92. The summed E-state index contributed by atoms with van der Waals surface area (Å²) in [5, 5.41) is 0. The fourth-order valence-electron chi connectivity index (χ4n) is 1.69. The van der Waals surface area contributed by atoms with E-state index in [1.165, 1.54) is 0 Å². The molecule has 0 unspecified atom stereocenters. The first-order chi connectivity index (χ1) is 9.84. The third-order valence-electron chi connectivity index (χ3n) is 3.44. The van der Waals surface area contributed by atoms with Crippen molar-refractivity contribution >= 4 is 20.0 Å². The Morgan fingerprint density at radius 2 is 1.55 bits per heavy atom. The highest BCUT2D eigenvalue weighted by Gasteiger charge is 2.29. The molecule has 1 aromatic carbocycles. The second kappa shape index (κ2) is 6.58. The summed E-state index contributed by atoms with van der Waals surface area (Å²) in [6, 6.07) is 5.02. The minimum Gasteiger partial charge on any atom is -0.382 e. The molecular weight excluding hydrogens is 324 g/mol. The first-order valence-electron chi connectivity index (χ1n) is 7.06. The van der Waals surface area contributed by atoms with Crippen molar-refractivity contribution in [3.05, 3.63) is 29.3 Å². The lowest BCUT2D eigenvalue weighted by Gasteiger charge is -2.18. The maximum Gasteiger partial charge on any atom is 0.309 e. The minimum atomic E-state index is -3.80. The molecule has 22 heavy (non-hydrogen) atoms. The first kappa shape index (κ1) is 19.0. The highest BCUT2D eigenvalue weighted by atomic mass is 32.2. The van der Waals surface area contributed by atoms with E-state index in [0.29, 0.717) is 0 Å². The largest absolute Gasteiger partial charge is 0.382 e. The monoisotopic (exact) mass is 348 g/mol. The number of hydrogen-bond donors (Lipinski definition) is 0. The van der Waals surface area contributed by atoms with E-state index in [1.54, 1.807) is 39.0 Å². The van der Waals surface area contributed by atoms with Crippen molar-refractivity contribution < 1.29 is 21.0 Å². The van der Waals surface area contributed by atoms with Gasteiger partial charge in [0.1, 0.15) is 5.75 Å². The second-order valence-corrected chi connectivity index (χ2v) is 10.9. The van der Waals surface area contributed by atoms with Gasteiger partial charge in [0.05, 0.1) is 16.3 Å². The average molecular weight is 348 g/mol. The predicted octanol–water partition coefficient (Wildman–Crippen LogP) is 2.62. The summed E-state index contributed by atoms with van der Waals surface area (Å²) in [4.78, 5) is 0. The number of rotatable bonds is 6. The van der Waals surface area contributed by atoms with Crippen LogP contribution in [0.3, 0.4) is 0 Å². The Morgan fingerprint density at radius 1 is 0.955 bits per heavy atom. The van der Waals surface area contributed by atoms with Gasteiger partial charge in [-0.15, -0.1) is 0 Å². The Hall–Kier alpha value is -1.08. The molecule has 1 rings (SSSR count). The third kappa shape index (κ3) is 5.28. The maximum atomic E-state index is 11.9. The number of sulfone groups is 1. The molecule has 0 heterocycles. The number of hydrogen-bond acceptors (Lipinski definition) is 5. The number of benzene rings is 1. The van der Waals surface area contributed by atoms with Gasteiger partial charge < -0.3 is 4.18 Å². The Bertz CT molecular complexity index is 726.